The molecule has 2 atom stereocenters. The summed E-state index contributed by atoms with van der Waals surface area (Å²) in [5.74, 6) is -1.86. The van der Waals surface area contributed by atoms with E-state index in [0.29, 0.717) is 30.9 Å². The topological polar surface area (TPSA) is 36.4 Å². The summed E-state index contributed by atoms with van der Waals surface area (Å²) in [4.78, 5) is 20.7. The lowest BCUT2D eigenvalue weighted by molar-refractivity contribution is -0.172. The number of halogens is 3. The lowest BCUT2D eigenvalue weighted by Gasteiger charge is -2.50. The maximum absolute atomic E-state index is 13.9. The fourth-order valence-electron chi connectivity index (χ4n) is 4.64. The van der Waals surface area contributed by atoms with E-state index in [-0.39, 0.29) is 11.7 Å². The minimum absolute atomic E-state index is 0.0598. The van der Waals surface area contributed by atoms with Crippen molar-refractivity contribution in [2.45, 2.75) is 51.0 Å². The first kappa shape index (κ1) is 23.4. The number of anilines is 1. The van der Waals surface area contributed by atoms with Gasteiger partial charge in [0.1, 0.15) is 10.5 Å². The quantitative estimate of drug-likeness (QED) is 0.461. The van der Waals surface area contributed by atoms with Crippen LogP contribution in [0.4, 0.5) is 18.9 Å². The van der Waals surface area contributed by atoms with Crippen molar-refractivity contribution in [3.8, 4) is 0 Å². The molecular formula is C25H26F3N3OS. The Hall–Kier alpha value is -2.71. The van der Waals surface area contributed by atoms with Gasteiger partial charge in [0.15, 0.2) is 0 Å². The molecule has 1 amide bonds. The lowest BCUT2D eigenvalue weighted by Crippen LogP contribution is -2.60. The van der Waals surface area contributed by atoms with Gasteiger partial charge in [-0.25, -0.2) is 4.98 Å². The number of thiazole rings is 1. The molecule has 0 N–H and O–H groups in total. The standard InChI is InChI=1S/C25H26F3N3OS/c1-18-17-33-22(29-18)24(31(23(32)25(26,27)28)21-11-7-4-8-12-21)13-14-30(19(2)15-24)16-20-9-5-3-6-10-20/h3-12,17,19H,13-16H2,1-2H3. The van der Waals surface area contributed by atoms with Gasteiger partial charge in [0, 0.05) is 35.9 Å². The summed E-state index contributed by atoms with van der Waals surface area (Å²) in [5, 5.41) is 2.38. The molecule has 4 nitrogen and oxygen atoms in total. The molecule has 1 aliphatic heterocycles. The van der Waals surface area contributed by atoms with Crippen molar-refractivity contribution >= 4 is 22.9 Å². The third kappa shape index (κ3) is 4.82. The van der Waals surface area contributed by atoms with Gasteiger partial charge in [-0.2, -0.15) is 13.2 Å². The van der Waals surface area contributed by atoms with Crippen LogP contribution < -0.4 is 4.90 Å². The summed E-state index contributed by atoms with van der Waals surface area (Å²) in [5.41, 5.74) is 0.935. The zero-order valence-corrected chi connectivity index (χ0v) is 19.4. The average Bonchev–Trinajstić information content (AvgIpc) is 3.23. The average molecular weight is 474 g/mol. The van der Waals surface area contributed by atoms with E-state index >= 15 is 0 Å². The molecule has 33 heavy (non-hydrogen) atoms. The maximum atomic E-state index is 13.9. The van der Waals surface area contributed by atoms with Crippen LogP contribution in [0.2, 0.25) is 0 Å². The molecule has 1 saturated heterocycles. The maximum Gasteiger partial charge on any atom is 0.471 e. The van der Waals surface area contributed by atoms with Gasteiger partial charge in [-0.3, -0.25) is 14.6 Å². The molecule has 8 heteroatoms. The molecule has 2 unspecified atom stereocenters. The van der Waals surface area contributed by atoms with E-state index in [1.54, 1.807) is 30.3 Å². The lowest BCUT2D eigenvalue weighted by atomic mass is 9.81. The minimum Gasteiger partial charge on any atom is -0.296 e. The summed E-state index contributed by atoms with van der Waals surface area (Å²) < 4.78 is 41.6. The Balaban J connectivity index is 1.77. The summed E-state index contributed by atoms with van der Waals surface area (Å²) in [6.45, 7) is 5.08. The number of carbonyl (C=O) groups excluding carboxylic acids is 1. The fraction of sp³-hybridized carbons (Fsp3) is 0.360. The summed E-state index contributed by atoms with van der Waals surface area (Å²) in [7, 11) is 0. The van der Waals surface area contributed by atoms with Crippen molar-refractivity contribution in [3.63, 3.8) is 0 Å². The van der Waals surface area contributed by atoms with Crippen LogP contribution in [0, 0.1) is 6.92 Å². The molecule has 1 aliphatic rings. The van der Waals surface area contributed by atoms with Gasteiger partial charge in [0.2, 0.25) is 0 Å². The Morgan fingerprint density at radius 2 is 1.79 bits per heavy atom. The molecule has 2 heterocycles. The molecule has 0 spiro atoms. The molecule has 3 aromatic rings. The summed E-state index contributed by atoms with van der Waals surface area (Å²) >= 11 is 1.32. The van der Waals surface area contributed by atoms with Gasteiger partial charge in [-0.15, -0.1) is 11.3 Å². The van der Waals surface area contributed by atoms with Crippen LogP contribution in [-0.4, -0.2) is 34.6 Å². The smallest absolute Gasteiger partial charge is 0.296 e. The van der Waals surface area contributed by atoms with E-state index in [4.69, 9.17) is 0 Å². The zero-order chi connectivity index (χ0) is 23.6. The molecule has 1 fully saturated rings. The fourth-order valence-corrected chi connectivity index (χ4v) is 5.67. The first-order valence-corrected chi connectivity index (χ1v) is 11.8. The Bertz CT molecular complexity index is 1090. The largest absolute Gasteiger partial charge is 0.471 e. The first-order valence-electron chi connectivity index (χ1n) is 10.9. The third-order valence-electron chi connectivity index (χ3n) is 6.20. The summed E-state index contributed by atoms with van der Waals surface area (Å²) in [6.07, 6.45) is -4.29. The normalized spacial score (nSPS) is 21.7. The molecule has 4 rings (SSSR count). The second-order valence-corrected chi connectivity index (χ2v) is 9.42. The number of piperidine rings is 1. The summed E-state index contributed by atoms with van der Waals surface area (Å²) in [6, 6.07) is 18.1. The molecule has 0 aliphatic carbocycles. The molecular weight excluding hydrogens is 447 g/mol. The number of hydrogen-bond donors (Lipinski definition) is 0. The molecule has 0 saturated carbocycles. The van der Waals surface area contributed by atoms with Crippen molar-refractivity contribution in [1.29, 1.82) is 0 Å². The van der Waals surface area contributed by atoms with E-state index < -0.39 is 17.6 Å². The molecule has 1 aromatic heterocycles. The third-order valence-corrected chi connectivity index (χ3v) is 7.36. The van der Waals surface area contributed by atoms with Crippen LogP contribution >= 0.6 is 11.3 Å². The number of alkyl halides is 3. The molecule has 0 bridgehead atoms. The van der Waals surface area contributed by atoms with Crippen molar-refractivity contribution < 1.29 is 18.0 Å². The number of para-hydroxylation sites is 1. The van der Waals surface area contributed by atoms with E-state index in [1.807, 2.05) is 49.6 Å². The van der Waals surface area contributed by atoms with Crippen LogP contribution in [-0.2, 0) is 16.9 Å². The predicted octanol–water partition coefficient (Wildman–Crippen LogP) is 5.93. The highest BCUT2D eigenvalue weighted by molar-refractivity contribution is 7.09. The van der Waals surface area contributed by atoms with E-state index in [1.165, 1.54) is 11.3 Å². The van der Waals surface area contributed by atoms with Gasteiger partial charge >= 0.3 is 12.1 Å². The predicted molar refractivity (Wildman–Crippen MR) is 124 cm³/mol. The number of amides is 1. The first-order chi connectivity index (χ1) is 15.7. The minimum atomic E-state index is -5.00. The van der Waals surface area contributed by atoms with Crippen LogP contribution in [0.15, 0.2) is 66.0 Å². The van der Waals surface area contributed by atoms with Gasteiger partial charge < -0.3 is 0 Å². The Morgan fingerprint density at radius 3 is 2.33 bits per heavy atom. The van der Waals surface area contributed by atoms with Gasteiger partial charge in [0.05, 0.1) is 0 Å². The number of rotatable bonds is 5. The number of benzene rings is 2. The van der Waals surface area contributed by atoms with E-state index in [0.717, 1.165) is 16.2 Å². The van der Waals surface area contributed by atoms with Crippen LogP contribution in [0.1, 0.15) is 36.0 Å². The number of hydrogen-bond acceptors (Lipinski definition) is 4. The van der Waals surface area contributed by atoms with Crippen LogP contribution in [0.5, 0.6) is 0 Å². The Morgan fingerprint density at radius 1 is 1.15 bits per heavy atom. The molecule has 2 aromatic carbocycles. The van der Waals surface area contributed by atoms with Crippen LogP contribution in [0.3, 0.4) is 0 Å². The number of likely N-dealkylation sites (tertiary alicyclic amines) is 1. The Kier molecular flexibility index (Phi) is 6.59. The van der Waals surface area contributed by atoms with Crippen LogP contribution in [0.25, 0.3) is 0 Å². The second-order valence-electron chi connectivity index (χ2n) is 8.56. The van der Waals surface area contributed by atoms with Gasteiger partial charge in [-0.05, 0) is 44.4 Å². The second kappa shape index (κ2) is 9.27. The number of aromatic nitrogens is 1. The number of nitrogens with zero attached hydrogens (tertiary/aromatic N) is 3. The monoisotopic (exact) mass is 473 g/mol. The van der Waals surface area contributed by atoms with Crippen molar-refractivity contribution in [2.75, 3.05) is 11.4 Å². The Labute approximate surface area is 195 Å². The SMILES string of the molecule is Cc1csc(C2(N(C(=O)C(F)(F)F)c3ccccc3)CCN(Cc3ccccc3)C(C)C2)n1. The van der Waals surface area contributed by atoms with E-state index in [2.05, 4.69) is 9.88 Å². The van der Waals surface area contributed by atoms with Crippen molar-refractivity contribution in [3.05, 3.63) is 82.3 Å². The highest BCUT2D eigenvalue weighted by atomic mass is 32.1. The van der Waals surface area contributed by atoms with E-state index in [9.17, 15) is 18.0 Å². The highest BCUT2D eigenvalue weighted by Gasteiger charge is 2.54. The van der Waals surface area contributed by atoms with Crippen molar-refractivity contribution in [2.24, 2.45) is 0 Å². The molecule has 174 valence electrons. The number of aryl methyl sites for hydroxylation is 1. The van der Waals surface area contributed by atoms with Crippen molar-refractivity contribution in [1.82, 2.24) is 9.88 Å². The van der Waals surface area contributed by atoms with Gasteiger partial charge in [0.25, 0.3) is 0 Å². The molecule has 0 radical (unpaired) electrons. The zero-order valence-electron chi connectivity index (χ0n) is 18.5. The number of carbonyl (C=O) groups is 1. The van der Waals surface area contributed by atoms with Gasteiger partial charge in [-0.1, -0.05) is 48.5 Å². The highest BCUT2D eigenvalue weighted by Crippen LogP contribution is 2.46.